The minimum atomic E-state index is -3.84. The molecule has 2 fully saturated rings. The van der Waals surface area contributed by atoms with E-state index < -0.39 is 43.3 Å². The summed E-state index contributed by atoms with van der Waals surface area (Å²) in [6.07, 6.45) is 7.75. The molecule has 1 heterocycles. The molecule has 2 saturated carbocycles. The van der Waals surface area contributed by atoms with Gasteiger partial charge in [-0.25, -0.2) is 26.5 Å². The van der Waals surface area contributed by atoms with Gasteiger partial charge in [-0.1, -0.05) is 56.4 Å². The molecule has 1 aromatic heterocycles. The van der Waals surface area contributed by atoms with Crippen LogP contribution in [0.3, 0.4) is 0 Å². The van der Waals surface area contributed by atoms with E-state index in [0.717, 1.165) is 31.9 Å². The van der Waals surface area contributed by atoms with E-state index >= 15 is 0 Å². The molecule has 0 spiro atoms. The maximum absolute atomic E-state index is 13.3. The van der Waals surface area contributed by atoms with Crippen LogP contribution < -0.4 is 14.8 Å². The number of carbonyl (C=O) groups excluding carboxylic acids is 2. The second-order valence-electron chi connectivity index (χ2n) is 13.1. The SMILES string of the molecule is CC(C)(C)NS(=O)(=O)c1ccc(-c2oc(C(=O)NC3CC(C(=O)NS(C)(=O)=O)C3)nc2CC2CCCCC2)c2ccccc12. The first kappa shape index (κ1) is 32.1. The standard InChI is InChI=1S/C31H40N4O7S2/c1-31(2,3)35-44(40,41)26-15-14-24(22-12-8-9-13-23(22)26)27-25(16-19-10-6-5-7-11-19)33-30(42-27)29(37)32-21-17-20(18-21)28(36)34-43(4,38)39/h8-9,12-15,19-21,35H,5-7,10-11,16-18H2,1-4H3,(H,32,37)(H,34,36). The molecule has 0 bridgehead atoms. The van der Waals surface area contributed by atoms with E-state index in [1.54, 1.807) is 45.0 Å². The van der Waals surface area contributed by atoms with Gasteiger partial charge in [-0.3, -0.25) is 14.3 Å². The second kappa shape index (κ2) is 12.2. The average Bonchev–Trinajstić information content (AvgIpc) is 3.31. The Balaban J connectivity index is 1.46. The van der Waals surface area contributed by atoms with Gasteiger partial charge in [-0.15, -0.1) is 0 Å². The molecule has 2 aliphatic rings. The Labute approximate surface area is 258 Å². The van der Waals surface area contributed by atoms with Gasteiger partial charge in [0.25, 0.3) is 5.89 Å². The fourth-order valence-electron chi connectivity index (χ4n) is 6.09. The van der Waals surface area contributed by atoms with Crippen LogP contribution >= 0.6 is 0 Å². The summed E-state index contributed by atoms with van der Waals surface area (Å²) in [5.74, 6) is -0.891. The zero-order chi connectivity index (χ0) is 31.9. The normalized spacial score (nSPS) is 19.8. The van der Waals surface area contributed by atoms with Gasteiger partial charge in [-0.05, 0) is 63.5 Å². The molecule has 0 saturated heterocycles. The van der Waals surface area contributed by atoms with Crippen LogP contribution in [0, 0.1) is 11.8 Å². The molecule has 11 nitrogen and oxygen atoms in total. The number of hydrogen-bond acceptors (Lipinski definition) is 8. The van der Waals surface area contributed by atoms with Crippen molar-refractivity contribution in [2.75, 3.05) is 6.26 Å². The highest BCUT2D eigenvalue weighted by atomic mass is 32.2. The average molecular weight is 645 g/mol. The molecule has 3 N–H and O–H groups in total. The van der Waals surface area contributed by atoms with Crippen molar-refractivity contribution in [1.29, 1.82) is 0 Å². The molecular formula is C31H40N4O7S2. The van der Waals surface area contributed by atoms with Gasteiger partial charge in [0, 0.05) is 28.4 Å². The van der Waals surface area contributed by atoms with Crippen LogP contribution in [-0.2, 0) is 31.3 Å². The summed E-state index contributed by atoms with van der Waals surface area (Å²) < 4.78 is 60.3. The van der Waals surface area contributed by atoms with Gasteiger partial charge in [0.1, 0.15) is 0 Å². The number of oxazole rings is 1. The Morgan fingerprint density at radius 2 is 1.61 bits per heavy atom. The Morgan fingerprint density at radius 1 is 0.955 bits per heavy atom. The molecule has 2 aromatic carbocycles. The first-order valence-electron chi connectivity index (χ1n) is 15.0. The zero-order valence-corrected chi connectivity index (χ0v) is 27.1. The number of nitrogens with zero attached hydrogens (tertiary/aromatic N) is 1. The number of fused-ring (bicyclic) bond motifs is 1. The first-order valence-corrected chi connectivity index (χ1v) is 18.4. The number of sulfonamides is 2. The molecule has 44 heavy (non-hydrogen) atoms. The second-order valence-corrected chi connectivity index (χ2v) is 16.5. The largest absolute Gasteiger partial charge is 0.432 e. The van der Waals surface area contributed by atoms with E-state index in [9.17, 15) is 26.4 Å². The monoisotopic (exact) mass is 644 g/mol. The molecule has 2 amide bonds. The lowest BCUT2D eigenvalue weighted by molar-refractivity contribution is -0.126. The number of nitrogens with one attached hydrogen (secondary N) is 3. The Bertz CT molecular complexity index is 1780. The maximum Gasteiger partial charge on any atom is 0.307 e. The minimum Gasteiger partial charge on any atom is -0.432 e. The highest BCUT2D eigenvalue weighted by Crippen LogP contribution is 2.38. The van der Waals surface area contributed by atoms with Gasteiger partial charge >= 0.3 is 5.91 Å². The summed E-state index contributed by atoms with van der Waals surface area (Å²) in [6, 6.07) is 10.2. The number of benzene rings is 2. The van der Waals surface area contributed by atoms with Crippen molar-refractivity contribution >= 4 is 42.6 Å². The Hall–Kier alpha value is -3.29. The van der Waals surface area contributed by atoms with Gasteiger partial charge in [-0.2, -0.15) is 0 Å². The summed E-state index contributed by atoms with van der Waals surface area (Å²) in [5, 5.41) is 4.04. The highest BCUT2D eigenvalue weighted by molar-refractivity contribution is 7.90. The topological polar surface area (TPSA) is 165 Å². The van der Waals surface area contributed by atoms with E-state index in [-0.39, 0.29) is 16.8 Å². The summed E-state index contributed by atoms with van der Waals surface area (Å²) in [7, 11) is -7.49. The number of rotatable bonds is 9. The van der Waals surface area contributed by atoms with Crippen LogP contribution in [0.15, 0.2) is 45.7 Å². The minimum absolute atomic E-state index is 0.106. The van der Waals surface area contributed by atoms with Crippen molar-refractivity contribution in [2.24, 2.45) is 11.8 Å². The highest BCUT2D eigenvalue weighted by Gasteiger charge is 2.37. The van der Waals surface area contributed by atoms with Crippen LogP contribution in [0.25, 0.3) is 22.1 Å². The van der Waals surface area contributed by atoms with Crippen LogP contribution in [0.1, 0.15) is 82.1 Å². The van der Waals surface area contributed by atoms with Crippen LogP contribution in [0.2, 0.25) is 0 Å². The molecule has 238 valence electrons. The third kappa shape index (κ3) is 7.49. The van der Waals surface area contributed by atoms with Crippen molar-refractivity contribution in [3.63, 3.8) is 0 Å². The van der Waals surface area contributed by atoms with Crippen LogP contribution in [-0.4, -0.2) is 51.5 Å². The predicted molar refractivity (Wildman–Crippen MR) is 167 cm³/mol. The number of hydrogen-bond donors (Lipinski definition) is 3. The summed E-state index contributed by atoms with van der Waals surface area (Å²) in [5.41, 5.74) is 0.625. The Kier molecular flexibility index (Phi) is 8.94. The summed E-state index contributed by atoms with van der Waals surface area (Å²) in [4.78, 5) is 30.2. The van der Waals surface area contributed by atoms with Gasteiger partial charge < -0.3 is 9.73 Å². The molecule has 13 heteroatoms. The predicted octanol–water partition coefficient (Wildman–Crippen LogP) is 4.28. The fraction of sp³-hybridized carbons (Fsp3) is 0.516. The van der Waals surface area contributed by atoms with E-state index in [2.05, 4.69) is 15.0 Å². The number of amides is 2. The molecule has 0 radical (unpaired) electrons. The van der Waals surface area contributed by atoms with Gasteiger partial charge in [0.05, 0.1) is 16.8 Å². The molecule has 2 aliphatic carbocycles. The van der Waals surface area contributed by atoms with E-state index in [4.69, 9.17) is 4.42 Å². The van der Waals surface area contributed by atoms with E-state index in [0.29, 0.717) is 53.0 Å². The van der Waals surface area contributed by atoms with Crippen molar-refractivity contribution < 1.29 is 30.8 Å². The Morgan fingerprint density at radius 3 is 2.25 bits per heavy atom. The van der Waals surface area contributed by atoms with Crippen molar-refractivity contribution in [3.05, 3.63) is 48.0 Å². The quantitative estimate of drug-likeness (QED) is 0.311. The molecule has 0 atom stereocenters. The molecular weight excluding hydrogens is 604 g/mol. The van der Waals surface area contributed by atoms with Gasteiger partial charge in [0.2, 0.25) is 26.0 Å². The van der Waals surface area contributed by atoms with Gasteiger partial charge in [0.15, 0.2) is 5.76 Å². The first-order chi connectivity index (χ1) is 20.6. The van der Waals surface area contributed by atoms with Crippen LogP contribution in [0.4, 0.5) is 0 Å². The van der Waals surface area contributed by atoms with Crippen molar-refractivity contribution in [1.82, 2.24) is 19.7 Å². The van der Waals surface area contributed by atoms with E-state index in [1.165, 1.54) is 6.42 Å². The maximum atomic E-state index is 13.3. The smallest absolute Gasteiger partial charge is 0.307 e. The molecule has 5 rings (SSSR count). The third-order valence-electron chi connectivity index (χ3n) is 8.09. The lowest BCUT2D eigenvalue weighted by Crippen LogP contribution is -2.50. The lowest BCUT2D eigenvalue weighted by atomic mass is 9.80. The number of aromatic nitrogens is 1. The molecule has 3 aromatic rings. The van der Waals surface area contributed by atoms with Crippen LogP contribution in [0.5, 0.6) is 0 Å². The van der Waals surface area contributed by atoms with Crippen molar-refractivity contribution in [3.8, 4) is 11.3 Å². The summed E-state index contributed by atoms with van der Waals surface area (Å²) >= 11 is 0. The molecule has 0 unspecified atom stereocenters. The molecule has 0 aliphatic heterocycles. The zero-order valence-electron chi connectivity index (χ0n) is 25.5. The lowest BCUT2D eigenvalue weighted by Gasteiger charge is -2.34. The third-order valence-corrected chi connectivity index (χ3v) is 10.5. The number of carbonyl (C=O) groups is 2. The van der Waals surface area contributed by atoms with E-state index in [1.807, 2.05) is 16.9 Å². The fourth-order valence-corrected chi connectivity index (χ4v) is 8.25. The van der Waals surface area contributed by atoms with Crippen molar-refractivity contribution in [2.45, 2.75) is 88.6 Å². The summed E-state index contributed by atoms with van der Waals surface area (Å²) in [6.45, 7) is 5.36.